The number of allylic oxidation sites excluding steroid dienone is 3. The fourth-order valence-electron chi connectivity index (χ4n) is 1.11. The summed E-state index contributed by atoms with van der Waals surface area (Å²) >= 11 is 2.10. The topological polar surface area (TPSA) is 17.1 Å². The number of halogens is 1. The molecule has 2 heteroatoms. The fourth-order valence-corrected chi connectivity index (χ4v) is 2.09. The fraction of sp³-hybridized carbons (Fsp3) is 0.444. The molecule has 11 heavy (non-hydrogen) atoms. The highest BCUT2D eigenvalue weighted by molar-refractivity contribution is 14.1. The summed E-state index contributed by atoms with van der Waals surface area (Å²) in [5.41, 5.74) is 0.0461. The van der Waals surface area contributed by atoms with E-state index in [1.807, 2.05) is 12.2 Å². The monoisotopic (exact) mass is 262 g/mol. The Morgan fingerprint density at radius 1 is 1.82 bits per heavy atom. The maximum absolute atomic E-state index is 11.1. The van der Waals surface area contributed by atoms with E-state index in [1.165, 1.54) is 0 Å². The first-order valence-corrected chi connectivity index (χ1v) is 4.70. The Bertz CT molecular complexity index is 230. The Balaban J connectivity index is 2.93. The van der Waals surface area contributed by atoms with Gasteiger partial charge >= 0.3 is 0 Å². The van der Waals surface area contributed by atoms with Crippen molar-refractivity contribution in [2.24, 2.45) is 5.41 Å². The standard InChI is InChI=1S/C9H11IO/c1-3-9(2)5-4-8(11)7(10)6-9/h3,6H,1,4-5H2,2H3/t9-/m0/s1. The molecule has 0 spiro atoms. The van der Waals surface area contributed by atoms with Crippen LogP contribution in [0.15, 0.2) is 22.3 Å². The Labute approximate surface area is 80.7 Å². The molecule has 60 valence electrons. The zero-order valence-corrected chi connectivity index (χ0v) is 8.72. The van der Waals surface area contributed by atoms with Crippen LogP contribution in [-0.2, 0) is 4.79 Å². The first kappa shape index (κ1) is 8.97. The van der Waals surface area contributed by atoms with Gasteiger partial charge in [0.25, 0.3) is 0 Å². The predicted molar refractivity (Wildman–Crippen MR) is 54.6 cm³/mol. The molecule has 0 aromatic carbocycles. The minimum atomic E-state index is 0.0461. The first-order valence-electron chi connectivity index (χ1n) is 3.62. The predicted octanol–water partition coefficient (Wildman–Crippen LogP) is 2.86. The van der Waals surface area contributed by atoms with Gasteiger partial charge in [-0.2, -0.15) is 0 Å². The second-order valence-electron chi connectivity index (χ2n) is 3.13. The lowest BCUT2D eigenvalue weighted by atomic mass is 9.81. The van der Waals surface area contributed by atoms with Gasteiger partial charge in [-0.05, 0) is 29.0 Å². The lowest BCUT2D eigenvalue weighted by Gasteiger charge is -2.25. The molecule has 0 unspecified atom stereocenters. The molecule has 0 heterocycles. The highest BCUT2D eigenvalue weighted by atomic mass is 127. The minimum Gasteiger partial charge on any atom is -0.294 e. The number of hydrogen-bond acceptors (Lipinski definition) is 1. The van der Waals surface area contributed by atoms with E-state index in [4.69, 9.17) is 0 Å². The van der Waals surface area contributed by atoms with Gasteiger partial charge in [-0.1, -0.05) is 19.1 Å². The molecule has 1 atom stereocenters. The molecule has 0 N–H and O–H groups in total. The molecule has 0 aliphatic heterocycles. The van der Waals surface area contributed by atoms with Gasteiger partial charge < -0.3 is 0 Å². The lowest BCUT2D eigenvalue weighted by molar-refractivity contribution is -0.115. The molecule has 0 bridgehead atoms. The normalized spacial score (nSPS) is 31.5. The van der Waals surface area contributed by atoms with Gasteiger partial charge in [0.15, 0.2) is 5.78 Å². The summed E-state index contributed by atoms with van der Waals surface area (Å²) < 4.78 is 0.858. The van der Waals surface area contributed by atoms with Gasteiger partial charge in [-0.3, -0.25) is 4.79 Å². The third-order valence-electron chi connectivity index (χ3n) is 2.08. The van der Waals surface area contributed by atoms with Crippen LogP contribution in [0.1, 0.15) is 19.8 Å². The molecule has 1 aliphatic rings. The van der Waals surface area contributed by atoms with Gasteiger partial charge in [0.05, 0.1) is 3.58 Å². The molecule has 1 rings (SSSR count). The van der Waals surface area contributed by atoms with Crippen molar-refractivity contribution < 1.29 is 4.79 Å². The van der Waals surface area contributed by atoms with Crippen molar-refractivity contribution in [1.82, 2.24) is 0 Å². The number of ketones is 1. The van der Waals surface area contributed by atoms with Crippen molar-refractivity contribution in [2.45, 2.75) is 19.8 Å². The second-order valence-corrected chi connectivity index (χ2v) is 4.29. The van der Waals surface area contributed by atoms with Crippen molar-refractivity contribution >= 4 is 28.4 Å². The second kappa shape index (κ2) is 3.09. The highest BCUT2D eigenvalue weighted by Crippen LogP contribution is 2.34. The van der Waals surface area contributed by atoms with Crippen LogP contribution in [0, 0.1) is 5.41 Å². The summed E-state index contributed by atoms with van der Waals surface area (Å²) in [6.45, 7) is 5.86. The molecule has 0 aromatic heterocycles. The van der Waals surface area contributed by atoms with Crippen LogP contribution in [0.4, 0.5) is 0 Å². The molecular weight excluding hydrogens is 251 g/mol. The van der Waals surface area contributed by atoms with Crippen LogP contribution >= 0.6 is 22.6 Å². The molecule has 0 aromatic rings. The van der Waals surface area contributed by atoms with Crippen LogP contribution in [0.2, 0.25) is 0 Å². The van der Waals surface area contributed by atoms with Crippen molar-refractivity contribution in [3.8, 4) is 0 Å². The van der Waals surface area contributed by atoms with Gasteiger partial charge in [0, 0.05) is 11.8 Å². The summed E-state index contributed by atoms with van der Waals surface area (Å²) in [5, 5.41) is 0. The molecule has 0 amide bonds. The lowest BCUT2D eigenvalue weighted by Crippen LogP contribution is -2.18. The minimum absolute atomic E-state index is 0.0461. The SMILES string of the molecule is C=C[C@]1(C)C=C(I)C(=O)CC1. The maximum atomic E-state index is 11.1. The van der Waals surface area contributed by atoms with Crippen molar-refractivity contribution in [3.05, 3.63) is 22.3 Å². The molecule has 0 saturated carbocycles. The summed E-state index contributed by atoms with van der Waals surface area (Å²) in [4.78, 5) is 11.1. The van der Waals surface area contributed by atoms with Crippen LogP contribution in [-0.4, -0.2) is 5.78 Å². The largest absolute Gasteiger partial charge is 0.294 e. The molecule has 0 saturated heterocycles. The Morgan fingerprint density at radius 3 is 2.91 bits per heavy atom. The number of hydrogen-bond donors (Lipinski definition) is 0. The Kier molecular flexibility index (Phi) is 2.52. The van der Waals surface area contributed by atoms with Gasteiger partial charge in [0.1, 0.15) is 0 Å². The van der Waals surface area contributed by atoms with E-state index in [0.29, 0.717) is 6.42 Å². The highest BCUT2D eigenvalue weighted by Gasteiger charge is 2.25. The van der Waals surface area contributed by atoms with Crippen LogP contribution in [0.5, 0.6) is 0 Å². The smallest absolute Gasteiger partial charge is 0.168 e. The van der Waals surface area contributed by atoms with Gasteiger partial charge in [-0.15, -0.1) is 6.58 Å². The summed E-state index contributed by atoms with van der Waals surface area (Å²) in [6.07, 6.45) is 5.49. The van der Waals surface area contributed by atoms with E-state index < -0.39 is 0 Å². The van der Waals surface area contributed by atoms with E-state index in [1.54, 1.807) is 0 Å². The van der Waals surface area contributed by atoms with Gasteiger partial charge in [-0.25, -0.2) is 0 Å². The molecule has 1 nitrogen and oxygen atoms in total. The van der Waals surface area contributed by atoms with E-state index in [0.717, 1.165) is 10.0 Å². The first-order chi connectivity index (χ1) is 5.07. The van der Waals surface area contributed by atoms with Gasteiger partial charge in [0.2, 0.25) is 0 Å². The maximum Gasteiger partial charge on any atom is 0.168 e. The molecule has 0 radical (unpaired) electrons. The van der Waals surface area contributed by atoms with E-state index in [9.17, 15) is 4.79 Å². The zero-order valence-electron chi connectivity index (χ0n) is 6.56. The number of Topliss-reactive ketones (excluding diaryl/α,β-unsaturated/α-hetero) is 1. The van der Waals surface area contributed by atoms with Crippen LogP contribution < -0.4 is 0 Å². The average molecular weight is 262 g/mol. The van der Waals surface area contributed by atoms with Crippen LogP contribution in [0.3, 0.4) is 0 Å². The quantitative estimate of drug-likeness (QED) is 0.524. The summed E-state index contributed by atoms with van der Waals surface area (Å²) in [7, 11) is 0. The zero-order chi connectivity index (χ0) is 8.48. The molecule has 1 aliphatic carbocycles. The van der Waals surface area contributed by atoms with E-state index in [2.05, 4.69) is 36.1 Å². The van der Waals surface area contributed by atoms with Crippen LogP contribution in [0.25, 0.3) is 0 Å². The van der Waals surface area contributed by atoms with Crippen molar-refractivity contribution in [3.63, 3.8) is 0 Å². The van der Waals surface area contributed by atoms with Crippen molar-refractivity contribution in [1.29, 1.82) is 0 Å². The third-order valence-corrected chi connectivity index (χ3v) is 2.99. The third kappa shape index (κ3) is 1.92. The average Bonchev–Trinajstić information content (AvgIpc) is 1.98. The summed E-state index contributed by atoms with van der Waals surface area (Å²) in [6, 6.07) is 0. The summed E-state index contributed by atoms with van der Waals surface area (Å²) in [5.74, 6) is 0.268. The van der Waals surface area contributed by atoms with E-state index >= 15 is 0 Å². The molecule has 0 fully saturated rings. The Hall–Kier alpha value is -0.120. The molecular formula is C9H11IO. The Morgan fingerprint density at radius 2 is 2.45 bits per heavy atom. The van der Waals surface area contributed by atoms with Crippen molar-refractivity contribution in [2.75, 3.05) is 0 Å². The number of carbonyl (C=O) groups is 1. The van der Waals surface area contributed by atoms with E-state index in [-0.39, 0.29) is 11.2 Å². The number of rotatable bonds is 1. The number of carbonyl (C=O) groups excluding carboxylic acids is 1.